The Morgan fingerprint density at radius 1 is 1.23 bits per heavy atom. The van der Waals surface area contributed by atoms with Gasteiger partial charge in [0, 0.05) is 6.07 Å². The maximum atomic E-state index is 11.3. The van der Waals surface area contributed by atoms with E-state index in [2.05, 4.69) is 14.9 Å². The Bertz CT molecular complexity index is 704. The standard InChI is InChI=1S/C15H13ClN2O4/c1-20-15(19)22-12-8-13(16)17-18-14(12)21-11-5-3-2-4-10(11)9-6-7-9/h2-5,8-9H,6-7H2,1H3. The smallest absolute Gasteiger partial charge is 0.437 e. The minimum atomic E-state index is -0.885. The highest BCUT2D eigenvalue weighted by atomic mass is 35.5. The summed E-state index contributed by atoms with van der Waals surface area (Å²) < 4.78 is 15.2. The lowest BCUT2D eigenvalue weighted by molar-refractivity contribution is 0.120. The minimum absolute atomic E-state index is 0.0532. The third-order valence-corrected chi connectivity index (χ3v) is 3.38. The first-order valence-corrected chi connectivity index (χ1v) is 7.11. The van der Waals surface area contributed by atoms with Gasteiger partial charge in [0.05, 0.1) is 7.11 Å². The normalized spacial score (nSPS) is 13.5. The molecule has 2 aromatic rings. The van der Waals surface area contributed by atoms with Gasteiger partial charge in [-0.25, -0.2) is 4.79 Å². The summed E-state index contributed by atoms with van der Waals surface area (Å²) in [6, 6.07) is 9.02. The first-order chi connectivity index (χ1) is 10.7. The van der Waals surface area contributed by atoms with E-state index in [-0.39, 0.29) is 16.8 Å². The largest absolute Gasteiger partial charge is 0.513 e. The van der Waals surface area contributed by atoms with E-state index in [0.29, 0.717) is 11.7 Å². The summed E-state index contributed by atoms with van der Waals surface area (Å²) in [4.78, 5) is 11.3. The van der Waals surface area contributed by atoms with Crippen molar-refractivity contribution in [1.82, 2.24) is 10.2 Å². The molecule has 1 fully saturated rings. The number of para-hydroxylation sites is 1. The number of rotatable bonds is 4. The fourth-order valence-corrected chi connectivity index (χ4v) is 2.16. The zero-order chi connectivity index (χ0) is 15.5. The van der Waals surface area contributed by atoms with Crippen molar-refractivity contribution in [2.45, 2.75) is 18.8 Å². The topological polar surface area (TPSA) is 70.5 Å². The highest BCUT2D eigenvalue weighted by Crippen LogP contribution is 2.45. The van der Waals surface area contributed by atoms with Crippen LogP contribution in [-0.2, 0) is 4.74 Å². The number of hydrogen-bond acceptors (Lipinski definition) is 6. The quantitative estimate of drug-likeness (QED) is 0.794. The van der Waals surface area contributed by atoms with Crippen molar-refractivity contribution in [3.63, 3.8) is 0 Å². The second-order valence-corrected chi connectivity index (χ2v) is 5.19. The van der Waals surface area contributed by atoms with Crippen molar-refractivity contribution in [2.75, 3.05) is 7.11 Å². The summed E-state index contributed by atoms with van der Waals surface area (Å²) in [5, 5.41) is 7.65. The molecule has 3 rings (SSSR count). The maximum Gasteiger partial charge on any atom is 0.513 e. The third-order valence-electron chi connectivity index (χ3n) is 3.20. The van der Waals surface area contributed by atoms with Gasteiger partial charge in [-0.1, -0.05) is 29.8 Å². The van der Waals surface area contributed by atoms with E-state index in [1.807, 2.05) is 24.3 Å². The van der Waals surface area contributed by atoms with Gasteiger partial charge in [0.25, 0.3) is 5.88 Å². The van der Waals surface area contributed by atoms with Crippen molar-refractivity contribution in [3.8, 4) is 17.4 Å². The molecular weight excluding hydrogens is 308 g/mol. The van der Waals surface area contributed by atoms with Gasteiger partial charge < -0.3 is 14.2 Å². The Morgan fingerprint density at radius 2 is 2.00 bits per heavy atom. The van der Waals surface area contributed by atoms with Gasteiger partial charge in [0.15, 0.2) is 5.15 Å². The fourth-order valence-electron chi connectivity index (χ4n) is 2.03. The van der Waals surface area contributed by atoms with E-state index >= 15 is 0 Å². The number of hydrogen-bond donors (Lipinski definition) is 0. The van der Waals surface area contributed by atoms with Crippen molar-refractivity contribution < 1.29 is 19.0 Å². The molecule has 0 unspecified atom stereocenters. The molecule has 0 radical (unpaired) electrons. The second kappa shape index (κ2) is 6.19. The molecule has 22 heavy (non-hydrogen) atoms. The Morgan fingerprint density at radius 3 is 2.73 bits per heavy atom. The molecule has 0 atom stereocenters. The Hall–Kier alpha value is -2.34. The summed E-state index contributed by atoms with van der Waals surface area (Å²) in [5.41, 5.74) is 1.10. The lowest BCUT2D eigenvalue weighted by Crippen LogP contribution is -2.09. The number of aromatic nitrogens is 2. The van der Waals surface area contributed by atoms with Crippen molar-refractivity contribution >= 4 is 17.8 Å². The van der Waals surface area contributed by atoms with Gasteiger partial charge in [-0.3, -0.25) is 0 Å². The van der Waals surface area contributed by atoms with E-state index in [1.54, 1.807) is 0 Å². The van der Waals surface area contributed by atoms with Gasteiger partial charge in [0.2, 0.25) is 5.75 Å². The summed E-state index contributed by atoms with van der Waals surface area (Å²) in [6.07, 6.45) is 1.39. The predicted octanol–water partition coefficient (Wildman–Crippen LogP) is 3.94. The van der Waals surface area contributed by atoms with Crippen LogP contribution in [0.2, 0.25) is 5.15 Å². The van der Waals surface area contributed by atoms with Crippen molar-refractivity contribution in [1.29, 1.82) is 0 Å². The molecule has 0 bridgehead atoms. The Labute approximate surface area is 132 Å². The van der Waals surface area contributed by atoms with Crippen molar-refractivity contribution in [2.24, 2.45) is 0 Å². The number of ether oxygens (including phenoxy) is 3. The highest BCUT2D eigenvalue weighted by Gasteiger charge is 2.27. The molecule has 0 aliphatic heterocycles. The number of halogens is 1. The Balaban J connectivity index is 1.90. The van der Waals surface area contributed by atoms with E-state index in [4.69, 9.17) is 21.1 Å². The Kier molecular flexibility index (Phi) is 4.11. The second-order valence-electron chi connectivity index (χ2n) is 4.81. The lowest BCUT2D eigenvalue weighted by atomic mass is 10.1. The fraction of sp³-hybridized carbons (Fsp3) is 0.267. The molecule has 7 heteroatoms. The maximum absolute atomic E-state index is 11.3. The molecule has 1 aromatic carbocycles. The molecule has 1 aliphatic rings. The molecular formula is C15H13ClN2O4. The molecule has 1 heterocycles. The van der Waals surface area contributed by atoms with Gasteiger partial charge in [-0.2, -0.15) is 0 Å². The van der Waals surface area contributed by atoms with Gasteiger partial charge >= 0.3 is 6.16 Å². The predicted molar refractivity (Wildman–Crippen MR) is 78.6 cm³/mol. The van der Waals surface area contributed by atoms with Crippen LogP contribution in [0.3, 0.4) is 0 Å². The number of methoxy groups -OCH3 is 1. The lowest BCUT2D eigenvalue weighted by Gasteiger charge is -2.12. The number of nitrogens with zero attached hydrogens (tertiary/aromatic N) is 2. The van der Waals surface area contributed by atoms with E-state index in [1.165, 1.54) is 13.2 Å². The molecule has 0 saturated heterocycles. The number of carbonyl (C=O) groups is 1. The summed E-state index contributed by atoms with van der Waals surface area (Å²) in [5.74, 6) is 1.28. The molecule has 114 valence electrons. The van der Waals surface area contributed by atoms with E-state index in [9.17, 15) is 4.79 Å². The van der Waals surface area contributed by atoms with Crippen molar-refractivity contribution in [3.05, 3.63) is 41.0 Å². The van der Waals surface area contributed by atoms with Crippen LogP contribution >= 0.6 is 11.6 Å². The molecule has 6 nitrogen and oxygen atoms in total. The number of carbonyl (C=O) groups excluding carboxylic acids is 1. The summed E-state index contributed by atoms with van der Waals surface area (Å²) >= 11 is 5.78. The average Bonchev–Trinajstić information content (AvgIpc) is 3.35. The van der Waals surface area contributed by atoms with Crippen LogP contribution in [-0.4, -0.2) is 23.5 Å². The molecule has 0 N–H and O–H groups in total. The summed E-state index contributed by atoms with van der Waals surface area (Å²) in [7, 11) is 1.21. The van der Waals surface area contributed by atoms with Gasteiger partial charge in [-0.15, -0.1) is 10.2 Å². The first kappa shape index (κ1) is 14.6. The van der Waals surface area contributed by atoms with Crippen LogP contribution < -0.4 is 9.47 Å². The van der Waals surface area contributed by atoms with E-state index < -0.39 is 6.16 Å². The SMILES string of the molecule is COC(=O)Oc1cc(Cl)nnc1Oc1ccccc1C1CC1. The van der Waals surface area contributed by atoms with E-state index in [0.717, 1.165) is 18.4 Å². The minimum Gasteiger partial charge on any atom is -0.437 e. The zero-order valence-corrected chi connectivity index (χ0v) is 12.5. The average molecular weight is 321 g/mol. The van der Waals surface area contributed by atoms with Gasteiger partial charge in [-0.05, 0) is 30.4 Å². The van der Waals surface area contributed by atoms with Crippen LogP contribution in [0.1, 0.15) is 24.3 Å². The summed E-state index contributed by atoms with van der Waals surface area (Å²) in [6.45, 7) is 0. The molecule has 1 aromatic heterocycles. The van der Waals surface area contributed by atoms with Crippen LogP contribution in [0, 0.1) is 0 Å². The van der Waals surface area contributed by atoms with Crippen LogP contribution in [0.4, 0.5) is 4.79 Å². The first-order valence-electron chi connectivity index (χ1n) is 6.73. The monoisotopic (exact) mass is 320 g/mol. The molecule has 0 spiro atoms. The number of benzene rings is 1. The zero-order valence-electron chi connectivity index (χ0n) is 11.8. The van der Waals surface area contributed by atoms with Crippen LogP contribution in [0.5, 0.6) is 17.4 Å². The molecule has 1 aliphatic carbocycles. The third kappa shape index (κ3) is 3.28. The van der Waals surface area contributed by atoms with Gasteiger partial charge in [0.1, 0.15) is 5.75 Å². The molecule has 0 amide bonds. The highest BCUT2D eigenvalue weighted by molar-refractivity contribution is 6.29. The molecule has 1 saturated carbocycles. The van der Waals surface area contributed by atoms with Crippen LogP contribution in [0.15, 0.2) is 30.3 Å². The van der Waals surface area contributed by atoms with Crippen LogP contribution in [0.25, 0.3) is 0 Å².